The van der Waals surface area contributed by atoms with Crippen LogP contribution in [0.15, 0.2) is 12.4 Å². The number of carbonyl (C=O) groups is 1. The van der Waals surface area contributed by atoms with Gasteiger partial charge in [0.05, 0.1) is 17.6 Å². The predicted octanol–water partition coefficient (Wildman–Crippen LogP) is 0.974. The van der Waals surface area contributed by atoms with Crippen LogP contribution in [0.25, 0.3) is 0 Å². The molecule has 1 aromatic heterocycles. The van der Waals surface area contributed by atoms with Crippen molar-refractivity contribution >= 4 is 16.0 Å². The quantitative estimate of drug-likeness (QED) is 0.629. The van der Waals surface area contributed by atoms with Gasteiger partial charge in [-0.1, -0.05) is 0 Å². The second-order valence-electron chi connectivity index (χ2n) is 7.46. The van der Waals surface area contributed by atoms with Crippen molar-refractivity contribution in [3.05, 3.63) is 18.0 Å². The Bertz CT molecular complexity index is 822. The average Bonchev–Trinajstić information content (AvgIpc) is 3.21. The predicted molar refractivity (Wildman–Crippen MR) is 101 cm³/mol. The van der Waals surface area contributed by atoms with Crippen molar-refractivity contribution in [3.8, 4) is 0 Å². The van der Waals surface area contributed by atoms with Gasteiger partial charge in [-0.2, -0.15) is 18.3 Å². The molecular weight excluding hydrogens is 429 g/mol. The summed E-state index contributed by atoms with van der Waals surface area (Å²) in [6.45, 7) is 5.69. The molecule has 1 aromatic rings. The first kappa shape index (κ1) is 24.6. The van der Waals surface area contributed by atoms with Crippen LogP contribution in [-0.2, 0) is 33.1 Å². The van der Waals surface area contributed by atoms with E-state index in [1.807, 2.05) is 24.1 Å². The summed E-state index contributed by atoms with van der Waals surface area (Å²) in [6.07, 6.45) is 0.726. The van der Waals surface area contributed by atoms with Gasteiger partial charge in [-0.3, -0.25) is 9.58 Å². The average molecular weight is 456 g/mol. The Morgan fingerprint density at radius 3 is 2.57 bits per heavy atom. The summed E-state index contributed by atoms with van der Waals surface area (Å²) in [5.74, 6) is -2.18. The summed E-state index contributed by atoms with van der Waals surface area (Å²) in [5.41, 5.74) is 1.15. The number of carboxylic acid groups (broad SMARTS) is 1. The fourth-order valence-corrected chi connectivity index (χ4v) is 4.30. The van der Waals surface area contributed by atoms with Crippen LogP contribution in [-0.4, -0.2) is 77.9 Å². The van der Waals surface area contributed by atoms with Crippen molar-refractivity contribution in [2.24, 2.45) is 13.0 Å². The number of halogens is 3. The van der Waals surface area contributed by atoms with Gasteiger partial charge in [-0.05, 0) is 25.7 Å². The zero-order chi connectivity index (χ0) is 22.6. The van der Waals surface area contributed by atoms with Crippen molar-refractivity contribution in [2.75, 3.05) is 32.0 Å². The maximum Gasteiger partial charge on any atom is 0.490 e. The maximum absolute atomic E-state index is 11.5. The van der Waals surface area contributed by atoms with Crippen LogP contribution >= 0.6 is 0 Å². The van der Waals surface area contributed by atoms with E-state index in [4.69, 9.17) is 14.6 Å². The zero-order valence-corrected chi connectivity index (χ0v) is 17.7. The van der Waals surface area contributed by atoms with Crippen LogP contribution in [0.1, 0.15) is 25.3 Å². The molecule has 0 amide bonds. The molecule has 2 aliphatic rings. The molecule has 9 nitrogen and oxygen atoms in total. The van der Waals surface area contributed by atoms with E-state index in [9.17, 15) is 21.6 Å². The number of alkyl halides is 3. The van der Waals surface area contributed by atoms with E-state index in [1.165, 1.54) is 5.56 Å². The molecule has 3 rings (SSSR count). The van der Waals surface area contributed by atoms with Gasteiger partial charge in [0.25, 0.3) is 0 Å². The number of hydrogen-bond acceptors (Lipinski definition) is 6. The number of likely N-dealkylation sites (tertiary alicyclic amines) is 1. The minimum absolute atomic E-state index is 0.0696. The fourth-order valence-electron chi connectivity index (χ4n) is 3.67. The number of aryl methyl sites for hydroxylation is 1. The molecule has 2 fully saturated rings. The third-order valence-corrected chi connectivity index (χ3v) is 6.59. The first-order valence-corrected chi connectivity index (χ1v) is 11.1. The summed E-state index contributed by atoms with van der Waals surface area (Å²) in [5, 5.41) is 11.3. The number of aromatic nitrogens is 2. The molecular formula is C17H27F3N4O5S. The second-order valence-corrected chi connectivity index (χ2v) is 9.55. The number of rotatable bonds is 7. The largest absolute Gasteiger partial charge is 0.490 e. The van der Waals surface area contributed by atoms with Crippen molar-refractivity contribution in [1.82, 2.24) is 19.4 Å². The SMILES string of the molecule is CCS(=O)(=O)NCCC1CCOC12CN(Cc1cnn(C)c1)C2.O=C(O)C(F)(F)F. The van der Waals surface area contributed by atoms with Gasteiger partial charge in [-0.15, -0.1) is 0 Å². The van der Waals surface area contributed by atoms with Gasteiger partial charge in [-0.25, -0.2) is 17.9 Å². The molecule has 1 atom stereocenters. The third-order valence-electron chi connectivity index (χ3n) is 5.18. The van der Waals surface area contributed by atoms with E-state index < -0.39 is 22.2 Å². The van der Waals surface area contributed by atoms with Crippen molar-refractivity contribution in [2.45, 2.75) is 38.1 Å². The van der Waals surface area contributed by atoms with Crippen LogP contribution in [0.3, 0.4) is 0 Å². The van der Waals surface area contributed by atoms with Crippen molar-refractivity contribution in [1.29, 1.82) is 0 Å². The normalized spacial score (nSPS) is 21.2. The number of hydrogen-bond donors (Lipinski definition) is 2. The Hall–Kier alpha value is -1.70. The molecule has 2 N–H and O–H groups in total. The highest BCUT2D eigenvalue weighted by molar-refractivity contribution is 7.89. The van der Waals surface area contributed by atoms with Crippen LogP contribution in [0.5, 0.6) is 0 Å². The molecule has 0 radical (unpaired) electrons. The van der Waals surface area contributed by atoms with Crippen LogP contribution in [0, 0.1) is 5.92 Å². The molecule has 2 aliphatic heterocycles. The molecule has 0 bridgehead atoms. The van der Waals surface area contributed by atoms with Crippen LogP contribution < -0.4 is 4.72 Å². The van der Waals surface area contributed by atoms with E-state index in [2.05, 4.69) is 14.7 Å². The number of ether oxygens (including phenoxy) is 1. The number of sulfonamides is 1. The van der Waals surface area contributed by atoms with Crippen LogP contribution in [0.4, 0.5) is 13.2 Å². The molecule has 1 spiro atoms. The van der Waals surface area contributed by atoms with Crippen LogP contribution in [0.2, 0.25) is 0 Å². The summed E-state index contributed by atoms with van der Waals surface area (Å²) in [6, 6.07) is 0. The molecule has 1 unspecified atom stereocenters. The Balaban J connectivity index is 0.000000396. The van der Waals surface area contributed by atoms with Gasteiger partial charge in [0.1, 0.15) is 0 Å². The maximum atomic E-state index is 11.5. The first-order chi connectivity index (χ1) is 13.9. The van der Waals surface area contributed by atoms with Gasteiger partial charge in [0, 0.05) is 51.6 Å². The third kappa shape index (κ3) is 6.65. The fraction of sp³-hybridized carbons (Fsp3) is 0.765. The van der Waals surface area contributed by atoms with Gasteiger partial charge in [0.15, 0.2) is 0 Å². The van der Waals surface area contributed by atoms with E-state index in [1.54, 1.807) is 6.92 Å². The molecule has 13 heteroatoms. The minimum atomic E-state index is -5.08. The lowest BCUT2D eigenvalue weighted by molar-refractivity contribution is -0.192. The zero-order valence-electron chi connectivity index (χ0n) is 16.9. The lowest BCUT2D eigenvalue weighted by atomic mass is 9.79. The summed E-state index contributed by atoms with van der Waals surface area (Å²) in [4.78, 5) is 11.3. The minimum Gasteiger partial charge on any atom is -0.475 e. The van der Waals surface area contributed by atoms with Crippen molar-refractivity contribution in [3.63, 3.8) is 0 Å². The molecule has 30 heavy (non-hydrogen) atoms. The van der Waals surface area contributed by atoms with E-state index in [0.29, 0.717) is 12.5 Å². The van der Waals surface area contributed by atoms with E-state index in [0.717, 1.165) is 39.1 Å². The Morgan fingerprint density at radius 2 is 2.07 bits per heavy atom. The molecule has 2 saturated heterocycles. The molecule has 0 saturated carbocycles. The summed E-state index contributed by atoms with van der Waals surface area (Å²) in [7, 11) is -1.17. The highest BCUT2D eigenvalue weighted by atomic mass is 32.2. The Labute approximate surface area is 173 Å². The van der Waals surface area contributed by atoms with Crippen molar-refractivity contribution < 1.29 is 36.2 Å². The van der Waals surface area contributed by atoms with Gasteiger partial charge >= 0.3 is 12.1 Å². The lowest BCUT2D eigenvalue weighted by Crippen LogP contribution is -2.64. The number of aliphatic carboxylic acids is 1. The Morgan fingerprint density at radius 1 is 1.43 bits per heavy atom. The number of nitrogens with one attached hydrogen (secondary N) is 1. The van der Waals surface area contributed by atoms with E-state index in [-0.39, 0.29) is 11.4 Å². The topological polar surface area (TPSA) is 114 Å². The van der Waals surface area contributed by atoms with Gasteiger partial charge in [0.2, 0.25) is 10.0 Å². The highest BCUT2D eigenvalue weighted by Gasteiger charge is 2.52. The first-order valence-electron chi connectivity index (χ1n) is 9.48. The van der Waals surface area contributed by atoms with E-state index >= 15 is 0 Å². The highest BCUT2D eigenvalue weighted by Crippen LogP contribution is 2.42. The molecule has 172 valence electrons. The number of nitrogens with zero attached hydrogens (tertiary/aromatic N) is 3. The monoisotopic (exact) mass is 456 g/mol. The Kier molecular flexibility index (Phi) is 7.88. The smallest absolute Gasteiger partial charge is 0.475 e. The summed E-state index contributed by atoms with van der Waals surface area (Å²) < 4.78 is 65.3. The lowest BCUT2D eigenvalue weighted by Gasteiger charge is -2.50. The molecule has 3 heterocycles. The number of carboxylic acids is 1. The molecule has 0 aromatic carbocycles. The standard InChI is InChI=1S/C15H26N4O3S.C2HF3O2/c1-3-23(20,21)17-6-4-14-5-7-22-15(14)11-19(12-15)10-13-8-16-18(2)9-13;3-2(4,5)1(6)7/h8-9,14,17H,3-7,10-12H2,1-2H3;(H,6,7). The summed E-state index contributed by atoms with van der Waals surface area (Å²) >= 11 is 0. The van der Waals surface area contributed by atoms with Gasteiger partial charge < -0.3 is 9.84 Å². The second kappa shape index (κ2) is 9.62. The molecule has 0 aliphatic carbocycles.